The molecule has 2 saturated heterocycles. The molecule has 0 aromatic heterocycles. The Kier molecular flexibility index (Phi) is 4.01. The number of fused-ring (bicyclic) bond motifs is 1. The van der Waals surface area contributed by atoms with Crippen LogP contribution < -0.4 is 0 Å². The minimum atomic E-state index is -0.682. The predicted octanol–water partition coefficient (Wildman–Crippen LogP) is 1.28. The number of ether oxygens (including phenoxy) is 4. The highest BCUT2D eigenvalue weighted by atomic mass is 16.8. The summed E-state index contributed by atoms with van der Waals surface area (Å²) < 4.78 is 22.6. The zero-order chi connectivity index (χ0) is 13.2. The second-order valence-corrected chi connectivity index (χ2v) is 4.70. The van der Waals surface area contributed by atoms with Crippen LogP contribution in [0.15, 0.2) is 17.3 Å². The summed E-state index contributed by atoms with van der Waals surface area (Å²) in [6.45, 7) is 6.02. The van der Waals surface area contributed by atoms with Crippen LogP contribution in [0.1, 0.15) is 20.8 Å². The van der Waals surface area contributed by atoms with Crippen molar-refractivity contribution in [1.82, 2.24) is 0 Å². The molecule has 4 atom stereocenters. The standard InChI is InChI=1S/C12H19NO5/c1-4-5-6-15-9-8(7-13-14)16-11-10(9)17-12(2,3)18-11/h4-5,7-11,14H,6H2,1-3H3/b5-4+,13-7+/t8-,9+,10-,11-/m1/s1. The molecule has 2 fully saturated rings. The third-order valence-electron chi connectivity index (χ3n) is 2.86. The minimum absolute atomic E-state index is 0.312. The van der Waals surface area contributed by atoms with E-state index in [0.29, 0.717) is 6.61 Å². The van der Waals surface area contributed by atoms with Gasteiger partial charge in [-0.05, 0) is 20.8 Å². The predicted molar refractivity (Wildman–Crippen MR) is 63.5 cm³/mol. The van der Waals surface area contributed by atoms with Crippen LogP contribution in [0, 0.1) is 0 Å². The Bertz CT molecular complexity index is 341. The van der Waals surface area contributed by atoms with E-state index < -0.39 is 18.2 Å². The number of nitrogens with zero attached hydrogens (tertiary/aromatic N) is 1. The van der Waals surface area contributed by atoms with Crippen molar-refractivity contribution in [1.29, 1.82) is 0 Å². The highest BCUT2D eigenvalue weighted by molar-refractivity contribution is 5.64. The van der Waals surface area contributed by atoms with Crippen LogP contribution >= 0.6 is 0 Å². The van der Waals surface area contributed by atoms with E-state index in [1.165, 1.54) is 6.21 Å². The van der Waals surface area contributed by atoms with Gasteiger partial charge in [0.15, 0.2) is 12.1 Å². The second-order valence-electron chi connectivity index (χ2n) is 4.70. The fourth-order valence-electron chi connectivity index (χ4n) is 2.14. The summed E-state index contributed by atoms with van der Waals surface area (Å²) in [6, 6.07) is 0. The van der Waals surface area contributed by atoms with Crippen LogP contribution in [0.2, 0.25) is 0 Å². The first-order valence-corrected chi connectivity index (χ1v) is 5.99. The second kappa shape index (κ2) is 5.36. The molecule has 0 aromatic carbocycles. The van der Waals surface area contributed by atoms with Gasteiger partial charge in [-0.25, -0.2) is 0 Å². The molecule has 0 amide bonds. The van der Waals surface area contributed by atoms with E-state index in [1.54, 1.807) is 0 Å². The fourth-order valence-corrected chi connectivity index (χ4v) is 2.14. The molecule has 0 saturated carbocycles. The molecule has 2 rings (SSSR count). The van der Waals surface area contributed by atoms with E-state index in [-0.39, 0.29) is 12.2 Å². The third-order valence-corrected chi connectivity index (χ3v) is 2.86. The first-order chi connectivity index (χ1) is 8.57. The van der Waals surface area contributed by atoms with Crippen molar-refractivity contribution in [2.24, 2.45) is 5.16 Å². The Hall–Kier alpha value is -0.950. The first kappa shape index (κ1) is 13.5. The molecule has 0 unspecified atom stereocenters. The molecule has 18 heavy (non-hydrogen) atoms. The van der Waals surface area contributed by atoms with Gasteiger partial charge in [0.25, 0.3) is 0 Å². The number of rotatable bonds is 4. The Morgan fingerprint density at radius 3 is 2.83 bits per heavy atom. The van der Waals surface area contributed by atoms with E-state index in [9.17, 15) is 0 Å². The average Bonchev–Trinajstić information content (AvgIpc) is 2.73. The SMILES string of the molecule is C/C=C/CO[C@@H]1[C@H]2OC(C)(C)O[C@H]2O[C@@H]1/C=N/O. The van der Waals surface area contributed by atoms with Crippen LogP contribution in [-0.4, -0.2) is 48.4 Å². The van der Waals surface area contributed by atoms with Crippen molar-refractivity contribution >= 4 is 6.21 Å². The zero-order valence-electron chi connectivity index (χ0n) is 10.8. The molecule has 0 aromatic rings. The van der Waals surface area contributed by atoms with Crippen molar-refractivity contribution in [2.75, 3.05) is 6.61 Å². The zero-order valence-corrected chi connectivity index (χ0v) is 10.8. The number of hydrogen-bond donors (Lipinski definition) is 1. The quantitative estimate of drug-likeness (QED) is 0.355. The summed E-state index contributed by atoms with van der Waals surface area (Å²) in [5.74, 6) is -0.682. The topological polar surface area (TPSA) is 69.5 Å². The van der Waals surface area contributed by atoms with Gasteiger partial charge >= 0.3 is 0 Å². The average molecular weight is 257 g/mol. The Morgan fingerprint density at radius 2 is 2.17 bits per heavy atom. The van der Waals surface area contributed by atoms with Crippen LogP contribution in [0.5, 0.6) is 0 Å². The molecule has 2 heterocycles. The highest BCUT2D eigenvalue weighted by Gasteiger charge is 2.55. The monoisotopic (exact) mass is 257 g/mol. The Labute approximate surface area is 106 Å². The van der Waals surface area contributed by atoms with E-state index in [0.717, 1.165) is 0 Å². The van der Waals surface area contributed by atoms with Gasteiger partial charge in [-0.15, -0.1) is 0 Å². The smallest absolute Gasteiger partial charge is 0.190 e. The maximum atomic E-state index is 8.62. The lowest BCUT2D eigenvalue weighted by Crippen LogP contribution is -2.37. The Morgan fingerprint density at radius 1 is 1.39 bits per heavy atom. The van der Waals surface area contributed by atoms with Gasteiger partial charge in [0, 0.05) is 0 Å². The van der Waals surface area contributed by atoms with Gasteiger partial charge in [-0.1, -0.05) is 17.3 Å². The highest BCUT2D eigenvalue weighted by Crippen LogP contribution is 2.38. The van der Waals surface area contributed by atoms with Crippen molar-refractivity contribution < 1.29 is 24.2 Å². The molecule has 0 spiro atoms. The minimum Gasteiger partial charge on any atom is -0.411 e. The molecule has 1 N–H and O–H groups in total. The number of oxime groups is 1. The number of hydrogen-bond acceptors (Lipinski definition) is 6. The largest absolute Gasteiger partial charge is 0.411 e. The van der Waals surface area contributed by atoms with Crippen molar-refractivity contribution in [3.63, 3.8) is 0 Å². The first-order valence-electron chi connectivity index (χ1n) is 5.99. The van der Waals surface area contributed by atoms with Crippen LogP contribution in [0.4, 0.5) is 0 Å². The summed E-state index contributed by atoms with van der Waals surface area (Å²) in [4.78, 5) is 0. The van der Waals surface area contributed by atoms with Crippen molar-refractivity contribution in [2.45, 2.75) is 51.2 Å². The summed E-state index contributed by atoms with van der Waals surface area (Å²) in [7, 11) is 0. The maximum absolute atomic E-state index is 8.62. The lowest BCUT2D eigenvalue weighted by atomic mass is 10.1. The van der Waals surface area contributed by atoms with E-state index in [4.69, 9.17) is 24.2 Å². The molecule has 102 valence electrons. The van der Waals surface area contributed by atoms with Gasteiger partial charge < -0.3 is 24.2 Å². The maximum Gasteiger partial charge on any atom is 0.190 e. The lowest BCUT2D eigenvalue weighted by Gasteiger charge is -2.23. The lowest BCUT2D eigenvalue weighted by molar-refractivity contribution is -0.209. The molecule has 2 aliphatic heterocycles. The van der Waals surface area contributed by atoms with Crippen LogP contribution in [0.25, 0.3) is 0 Å². The molecule has 0 bridgehead atoms. The van der Waals surface area contributed by atoms with Crippen LogP contribution in [0.3, 0.4) is 0 Å². The Balaban J connectivity index is 2.05. The molecule has 2 aliphatic rings. The van der Waals surface area contributed by atoms with E-state index in [2.05, 4.69) is 5.16 Å². The van der Waals surface area contributed by atoms with E-state index in [1.807, 2.05) is 32.9 Å². The summed E-state index contributed by atoms with van der Waals surface area (Å²) >= 11 is 0. The molecular formula is C12H19NO5. The molecular weight excluding hydrogens is 238 g/mol. The third kappa shape index (κ3) is 2.72. The summed E-state index contributed by atoms with van der Waals surface area (Å²) in [5, 5.41) is 11.6. The molecule has 0 radical (unpaired) electrons. The molecule has 0 aliphatic carbocycles. The van der Waals surface area contributed by atoms with Crippen LogP contribution in [-0.2, 0) is 18.9 Å². The fraction of sp³-hybridized carbons (Fsp3) is 0.750. The van der Waals surface area contributed by atoms with Gasteiger partial charge in [0.05, 0.1) is 12.8 Å². The summed E-state index contributed by atoms with van der Waals surface area (Å²) in [5.41, 5.74) is 0. The number of allylic oxidation sites excluding steroid dienone is 1. The van der Waals surface area contributed by atoms with Gasteiger partial charge in [0.1, 0.15) is 18.3 Å². The summed E-state index contributed by atoms with van der Waals surface area (Å²) in [6.07, 6.45) is 3.47. The normalized spacial score (nSPS) is 38.8. The van der Waals surface area contributed by atoms with Crippen molar-refractivity contribution in [3.8, 4) is 0 Å². The van der Waals surface area contributed by atoms with E-state index >= 15 is 0 Å². The molecule has 6 nitrogen and oxygen atoms in total. The molecule has 6 heteroatoms. The van der Waals surface area contributed by atoms with Gasteiger partial charge in [-0.2, -0.15) is 0 Å². The van der Waals surface area contributed by atoms with Crippen molar-refractivity contribution in [3.05, 3.63) is 12.2 Å². The van der Waals surface area contributed by atoms with Gasteiger partial charge in [-0.3, -0.25) is 0 Å². The van der Waals surface area contributed by atoms with Gasteiger partial charge in [0.2, 0.25) is 0 Å².